The number of hydrogen-bond acceptors (Lipinski definition) is 4. The lowest BCUT2D eigenvalue weighted by Crippen LogP contribution is -2.26. The number of hydrogen-bond donors (Lipinski definition) is 2. The number of rotatable bonds is 6. The van der Waals surface area contributed by atoms with Crippen LogP contribution in [0.1, 0.15) is 17.4 Å². The zero-order chi connectivity index (χ0) is 16.9. The Morgan fingerprint density at radius 1 is 1.26 bits per heavy atom. The number of primary sulfonamides is 1. The number of nitrogens with two attached hydrogens (primary N) is 1. The van der Waals surface area contributed by atoms with Gasteiger partial charge in [0, 0.05) is 17.0 Å². The van der Waals surface area contributed by atoms with E-state index in [0.29, 0.717) is 18.5 Å². The van der Waals surface area contributed by atoms with Gasteiger partial charge in [0.1, 0.15) is 0 Å². The van der Waals surface area contributed by atoms with Crippen LogP contribution in [-0.4, -0.2) is 20.9 Å². The largest absolute Gasteiger partial charge is 0.352 e. The summed E-state index contributed by atoms with van der Waals surface area (Å²) in [6.45, 7) is 2.25. The van der Waals surface area contributed by atoms with Crippen LogP contribution in [0.4, 0.5) is 0 Å². The number of nitrogens with one attached hydrogen (secondary N) is 1. The summed E-state index contributed by atoms with van der Waals surface area (Å²) in [5, 5.41) is 9.85. The molecular weight excluding hydrogens is 332 g/mol. The first kappa shape index (κ1) is 17.4. The van der Waals surface area contributed by atoms with E-state index in [-0.39, 0.29) is 10.8 Å². The highest BCUT2D eigenvalue weighted by Crippen LogP contribution is 2.13. The molecule has 23 heavy (non-hydrogen) atoms. The van der Waals surface area contributed by atoms with Crippen LogP contribution in [0.2, 0.25) is 0 Å². The molecule has 7 heteroatoms. The number of sulfonamides is 1. The van der Waals surface area contributed by atoms with Gasteiger partial charge in [0.05, 0.1) is 4.90 Å². The van der Waals surface area contributed by atoms with Gasteiger partial charge in [0.15, 0.2) is 0 Å². The predicted octanol–water partition coefficient (Wildman–Crippen LogP) is 2.16. The Bertz CT molecular complexity index is 792. The van der Waals surface area contributed by atoms with E-state index in [1.165, 1.54) is 12.1 Å². The van der Waals surface area contributed by atoms with E-state index in [2.05, 4.69) is 5.32 Å². The molecule has 3 N–H and O–H groups in total. The molecule has 2 aromatic rings. The van der Waals surface area contributed by atoms with E-state index in [9.17, 15) is 13.2 Å². The van der Waals surface area contributed by atoms with Crippen molar-refractivity contribution in [2.75, 3.05) is 6.54 Å². The molecule has 0 bridgehead atoms. The highest BCUT2D eigenvalue weighted by Gasteiger charge is 2.07. The summed E-state index contributed by atoms with van der Waals surface area (Å²) in [5.74, 6) is -0.112. The maximum absolute atomic E-state index is 12.0. The molecule has 1 aromatic heterocycles. The third-order valence-corrected chi connectivity index (χ3v) is 4.96. The molecule has 5 nitrogen and oxygen atoms in total. The average Bonchev–Trinajstić information content (AvgIpc) is 2.99. The molecule has 0 radical (unpaired) electrons. The average molecular weight is 350 g/mol. The van der Waals surface area contributed by atoms with Crippen molar-refractivity contribution in [1.29, 1.82) is 0 Å². The van der Waals surface area contributed by atoms with Gasteiger partial charge in [-0.05, 0) is 48.6 Å². The first-order valence-electron chi connectivity index (χ1n) is 6.98. The van der Waals surface area contributed by atoms with E-state index in [4.69, 9.17) is 5.14 Å². The summed E-state index contributed by atoms with van der Waals surface area (Å²) < 4.78 is 22.3. The first-order valence-corrected chi connectivity index (χ1v) is 9.40. The number of amides is 1. The molecular formula is C16H18N2O3S2. The molecule has 0 saturated carbocycles. The third kappa shape index (κ3) is 5.31. The van der Waals surface area contributed by atoms with E-state index in [0.717, 1.165) is 10.4 Å². The van der Waals surface area contributed by atoms with Crippen LogP contribution in [0.5, 0.6) is 0 Å². The molecule has 0 fully saturated rings. The second-order valence-electron chi connectivity index (χ2n) is 5.04. The van der Waals surface area contributed by atoms with Gasteiger partial charge in [0.2, 0.25) is 15.9 Å². The Labute approximate surface area is 139 Å². The Balaban J connectivity index is 1.86. The summed E-state index contributed by atoms with van der Waals surface area (Å²) in [6.07, 6.45) is 2.46. The van der Waals surface area contributed by atoms with Gasteiger partial charge in [-0.25, -0.2) is 13.6 Å². The zero-order valence-corrected chi connectivity index (χ0v) is 14.3. The van der Waals surface area contributed by atoms with Gasteiger partial charge >= 0.3 is 0 Å². The molecule has 0 atom stereocenters. The number of thiophene rings is 1. The lowest BCUT2D eigenvalue weighted by molar-refractivity contribution is -0.117. The van der Waals surface area contributed by atoms with Gasteiger partial charge in [-0.2, -0.15) is 0 Å². The standard InChI is InChI=1S/C16H18N2O3S2/c1-12(11-14-3-2-10-22-14)16(19)18-9-8-13-4-6-15(7-5-13)23(17,20)21/h2-7,10-11H,8-9H2,1H3,(H,18,19)(H2,17,20,21)/b12-11+. The van der Waals surface area contributed by atoms with Gasteiger partial charge in [-0.3, -0.25) is 4.79 Å². The second kappa shape index (κ2) is 7.54. The molecule has 0 spiro atoms. The van der Waals surface area contributed by atoms with Crippen LogP contribution >= 0.6 is 11.3 Å². The van der Waals surface area contributed by atoms with Crippen molar-refractivity contribution in [1.82, 2.24) is 5.32 Å². The first-order chi connectivity index (χ1) is 10.9. The molecule has 0 saturated heterocycles. The molecule has 1 aromatic carbocycles. The summed E-state index contributed by atoms with van der Waals surface area (Å²) in [4.78, 5) is 13.1. The van der Waals surface area contributed by atoms with E-state index in [1.807, 2.05) is 23.6 Å². The number of carbonyl (C=O) groups is 1. The Kier molecular flexibility index (Phi) is 5.70. The van der Waals surface area contributed by atoms with Crippen molar-refractivity contribution in [3.8, 4) is 0 Å². The van der Waals surface area contributed by atoms with Crippen LogP contribution in [0.25, 0.3) is 6.08 Å². The molecule has 1 amide bonds. The van der Waals surface area contributed by atoms with Crippen LogP contribution in [0.3, 0.4) is 0 Å². The summed E-state index contributed by atoms with van der Waals surface area (Å²) in [7, 11) is -3.67. The summed E-state index contributed by atoms with van der Waals surface area (Å²) >= 11 is 1.58. The van der Waals surface area contributed by atoms with E-state index in [1.54, 1.807) is 30.4 Å². The fraction of sp³-hybridized carbons (Fsp3) is 0.188. The molecule has 0 aliphatic heterocycles. The summed E-state index contributed by atoms with van der Waals surface area (Å²) in [5.41, 5.74) is 1.58. The lowest BCUT2D eigenvalue weighted by atomic mass is 10.1. The van der Waals surface area contributed by atoms with Crippen LogP contribution in [0.15, 0.2) is 52.2 Å². The molecule has 0 unspecified atom stereocenters. The zero-order valence-electron chi connectivity index (χ0n) is 12.7. The minimum atomic E-state index is -3.67. The lowest BCUT2D eigenvalue weighted by Gasteiger charge is -2.06. The molecule has 2 rings (SSSR count). The van der Waals surface area contributed by atoms with Crippen molar-refractivity contribution in [2.45, 2.75) is 18.2 Å². The smallest absolute Gasteiger partial charge is 0.246 e. The third-order valence-electron chi connectivity index (χ3n) is 3.21. The van der Waals surface area contributed by atoms with Crippen molar-refractivity contribution in [3.63, 3.8) is 0 Å². The monoisotopic (exact) mass is 350 g/mol. The second-order valence-corrected chi connectivity index (χ2v) is 7.58. The molecule has 0 aliphatic carbocycles. The van der Waals surface area contributed by atoms with Crippen molar-refractivity contribution >= 4 is 33.3 Å². The fourth-order valence-corrected chi connectivity index (χ4v) is 3.19. The van der Waals surface area contributed by atoms with Crippen molar-refractivity contribution in [2.24, 2.45) is 5.14 Å². The maximum Gasteiger partial charge on any atom is 0.246 e. The maximum atomic E-state index is 12.0. The van der Waals surface area contributed by atoms with Crippen LogP contribution in [-0.2, 0) is 21.2 Å². The van der Waals surface area contributed by atoms with Gasteiger partial charge in [0.25, 0.3) is 0 Å². The van der Waals surface area contributed by atoms with Gasteiger partial charge < -0.3 is 5.32 Å². The Morgan fingerprint density at radius 2 is 1.96 bits per heavy atom. The highest BCUT2D eigenvalue weighted by molar-refractivity contribution is 7.89. The fourth-order valence-electron chi connectivity index (χ4n) is 1.96. The van der Waals surface area contributed by atoms with E-state index >= 15 is 0 Å². The van der Waals surface area contributed by atoms with Gasteiger partial charge in [-0.15, -0.1) is 11.3 Å². The topological polar surface area (TPSA) is 89.3 Å². The van der Waals surface area contributed by atoms with Crippen molar-refractivity contribution < 1.29 is 13.2 Å². The molecule has 0 aliphatic rings. The predicted molar refractivity (Wildman–Crippen MR) is 92.5 cm³/mol. The molecule has 1 heterocycles. The Hall–Kier alpha value is -1.96. The Morgan fingerprint density at radius 3 is 2.52 bits per heavy atom. The van der Waals surface area contributed by atoms with Crippen LogP contribution < -0.4 is 10.5 Å². The van der Waals surface area contributed by atoms with Crippen LogP contribution in [0, 0.1) is 0 Å². The quantitative estimate of drug-likeness (QED) is 0.782. The minimum Gasteiger partial charge on any atom is -0.352 e. The van der Waals surface area contributed by atoms with Gasteiger partial charge in [-0.1, -0.05) is 18.2 Å². The molecule has 122 valence electrons. The van der Waals surface area contributed by atoms with Crippen molar-refractivity contribution in [3.05, 3.63) is 57.8 Å². The minimum absolute atomic E-state index is 0.0833. The number of carbonyl (C=O) groups excluding carboxylic acids is 1. The summed E-state index contributed by atoms with van der Waals surface area (Å²) in [6, 6.07) is 10.2. The normalized spacial score (nSPS) is 12.2. The SMILES string of the molecule is C/C(=C\c1cccs1)C(=O)NCCc1ccc(S(N)(=O)=O)cc1. The highest BCUT2D eigenvalue weighted by atomic mass is 32.2. The van der Waals surface area contributed by atoms with E-state index < -0.39 is 10.0 Å². The number of benzene rings is 1.